The standard InChI is InChI=1S/C27H27N9O/c1-28-23(37)15-34-9-6-18(7-10-34)22-11-21-20-5-4-19-14-35(13-17-3-2-8-29-12-17)33-24(19)25(20)32-27-26(21)36(22)31-16-30-27/h2-5,8,11-12,14,16,18H,6-7,9-10,13,15H2,1H3,(H,28,37)(H,30,31,32). The SMILES string of the molecule is CNC(=O)CN1CCC(c2cc3c4c(ncnn24)Nc2c-3ccc3cn(Cc4cccnc4)nc23)CC1. The van der Waals surface area contributed by atoms with Gasteiger partial charge in [0.2, 0.25) is 5.91 Å². The minimum Gasteiger partial charge on any atom is -0.358 e. The number of pyridine rings is 1. The molecule has 0 spiro atoms. The summed E-state index contributed by atoms with van der Waals surface area (Å²) in [5, 5.41) is 16.9. The number of amides is 1. The van der Waals surface area contributed by atoms with Gasteiger partial charge in [-0.2, -0.15) is 10.2 Å². The molecule has 1 saturated heterocycles. The Morgan fingerprint density at radius 1 is 1.19 bits per heavy atom. The summed E-state index contributed by atoms with van der Waals surface area (Å²) in [5.74, 6) is 1.23. The molecule has 10 heteroatoms. The van der Waals surface area contributed by atoms with Crippen LogP contribution in [0, 0.1) is 0 Å². The lowest BCUT2D eigenvalue weighted by Gasteiger charge is -2.31. The summed E-state index contributed by atoms with van der Waals surface area (Å²) in [7, 11) is 1.69. The number of benzene rings is 1. The lowest BCUT2D eigenvalue weighted by molar-refractivity contribution is -0.122. The van der Waals surface area contributed by atoms with Crippen molar-refractivity contribution >= 4 is 33.8 Å². The van der Waals surface area contributed by atoms with Gasteiger partial charge in [0, 0.05) is 53.8 Å². The van der Waals surface area contributed by atoms with E-state index in [1.54, 1.807) is 19.6 Å². The average Bonchev–Trinajstić information content (AvgIpc) is 3.53. The largest absolute Gasteiger partial charge is 0.358 e. The number of aromatic nitrogens is 6. The summed E-state index contributed by atoms with van der Waals surface area (Å²) in [4.78, 5) is 22.8. The first-order valence-corrected chi connectivity index (χ1v) is 12.6. The number of likely N-dealkylation sites (N-methyl/N-ethyl adjacent to an activating group) is 1. The number of hydrogen-bond acceptors (Lipinski definition) is 7. The van der Waals surface area contributed by atoms with Gasteiger partial charge < -0.3 is 10.6 Å². The molecule has 0 aliphatic carbocycles. The van der Waals surface area contributed by atoms with Crippen molar-refractivity contribution in [2.75, 3.05) is 32.0 Å². The third-order valence-corrected chi connectivity index (χ3v) is 7.56. The number of carbonyl (C=O) groups is 1. The van der Waals surface area contributed by atoms with Crippen molar-refractivity contribution in [2.24, 2.45) is 0 Å². The lowest BCUT2D eigenvalue weighted by Crippen LogP contribution is -2.40. The molecule has 186 valence electrons. The molecule has 37 heavy (non-hydrogen) atoms. The fourth-order valence-electron chi connectivity index (χ4n) is 5.69. The molecule has 10 nitrogen and oxygen atoms in total. The van der Waals surface area contributed by atoms with Gasteiger partial charge in [0.25, 0.3) is 0 Å². The molecule has 6 heterocycles. The van der Waals surface area contributed by atoms with Crippen LogP contribution in [0.4, 0.5) is 11.5 Å². The molecule has 0 atom stereocenters. The molecule has 7 rings (SSSR count). The van der Waals surface area contributed by atoms with Gasteiger partial charge in [-0.1, -0.05) is 18.2 Å². The summed E-state index contributed by atoms with van der Waals surface area (Å²) in [6.45, 7) is 2.90. The minimum absolute atomic E-state index is 0.0639. The Bertz CT molecular complexity index is 1630. The highest BCUT2D eigenvalue weighted by molar-refractivity contribution is 6.08. The summed E-state index contributed by atoms with van der Waals surface area (Å²) in [5.41, 5.74) is 7.47. The normalized spacial score (nSPS) is 15.6. The van der Waals surface area contributed by atoms with E-state index in [4.69, 9.17) is 5.10 Å². The first-order chi connectivity index (χ1) is 18.2. The second-order valence-electron chi connectivity index (χ2n) is 9.81. The van der Waals surface area contributed by atoms with E-state index in [9.17, 15) is 4.79 Å². The highest BCUT2D eigenvalue weighted by Gasteiger charge is 2.30. The van der Waals surface area contributed by atoms with E-state index < -0.39 is 0 Å². The van der Waals surface area contributed by atoms with Crippen LogP contribution in [0.3, 0.4) is 0 Å². The Kier molecular flexibility index (Phi) is 5.14. The van der Waals surface area contributed by atoms with E-state index in [0.29, 0.717) is 19.0 Å². The van der Waals surface area contributed by atoms with Crippen molar-refractivity contribution in [3.8, 4) is 11.1 Å². The predicted octanol–water partition coefficient (Wildman–Crippen LogP) is 3.17. The number of likely N-dealkylation sites (tertiary alicyclic amines) is 1. The van der Waals surface area contributed by atoms with Crippen molar-refractivity contribution in [3.05, 3.63) is 66.5 Å². The van der Waals surface area contributed by atoms with Crippen LogP contribution >= 0.6 is 0 Å². The van der Waals surface area contributed by atoms with E-state index in [1.165, 1.54) is 5.69 Å². The highest BCUT2D eigenvalue weighted by Crippen LogP contribution is 2.46. The zero-order valence-corrected chi connectivity index (χ0v) is 20.6. The molecule has 2 N–H and O–H groups in total. The fourth-order valence-corrected chi connectivity index (χ4v) is 5.69. The quantitative estimate of drug-likeness (QED) is 0.380. The second-order valence-corrected chi connectivity index (χ2v) is 9.81. The summed E-state index contributed by atoms with van der Waals surface area (Å²) in [6, 6.07) is 10.6. The maximum atomic E-state index is 11.8. The number of nitrogens with one attached hydrogen (secondary N) is 2. The fraction of sp³-hybridized carbons (Fsp3) is 0.296. The molecule has 2 aliphatic rings. The Balaban J connectivity index is 1.24. The molecule has 0 unspecified atom stereocenters. The van der Waals surface area contributed by atoms with Gasteiger partial charge in [-0.05, 0) is 43.6 Å². The van der Waals surface area contributed by atoms with Gasteiger partial charge in [0.1, 0.15) is 17.4 Å². The summed E-state index contributed by atoms with van der Waals surface area (Å²) in [6.07, 6.45) is 9.32. The summed E-state index contributed by atoms with van der Waals surface area (Å²) < 4.78 is 4.02. The van der Waals surface area contributed by atoms with Crippen molar-refractivity contribution in [2.45, 2.75) is 25.3 Å². The van der Waals surface area contributed by atoms with E-state index >= 15 is 0 Å². The van der Waals surface area contributed by atoms with Crippen LogP contribution in [0.2, 0.25) is 0 Å². The van der Waals surface area contributed by atoms with E-state index in [1.807, 2.05) is 16.9 Å². The van der Waals surface area contributed by atoms with Crippen LogP contribution in [-0.4, -0.2) is 66.9 Å². The van der Waals surface area contributed by atoms with Crippen LogP contribution in [0.1, 0.15) is 30.0 Å². The van der Waals surface area contributed by atoms with E-state index in [2.05, 4.69) is 65.6 Å². The number of piperidine rings is 1. The van der Waals surface area contributed by atoms with E-state index in [-0.39, 0.29) is 5.91 Å². The van der Waals surface area contributed by atoms with Crippen molar-refractivity contribution in [1.82, 2.24) is 39.6 Å². The highest BCUT2D eigenvalue weighted by atomic mass is 16.1. The van der Waals surface area contributed by atoms with Gasteiger partial charge in [0.05, 0.1) is 18.8 Å². The molecule has 1 aromatic carbocycles. The van der Waals surface area contributed by atoms with Crippen LogP contribution in [0.25, 0.3) is 27.5 Å². The van der Waals surface area contributed by atoms with Crippen LogP contribution in [-0.2, 0) is 11.3 Å². The maximum absolute atomic E-state index is 11.8. The third-order valence-electron chi connectivity index (χ3n) is 7.56. The number of anilines is 2. The first-order valence-electron chi connectivity index (χ1n) is 12.6. The predicted molar refractivity (Wildman–Crippen MR) is 141 cm³/mol. The molecule has 1 fully saturated rings. The zero-order valence-electron chi connectivity index (χ0n) is 20.6. The zero-order chi connectivity index (χ0) is 24.9. The monoisotopic (exact) mass is 493 g/mol. The van der Waals surface area contributed by atoms with Crippen LogP contribution in [0.5, 0.6) is 0 Å². The van der Waals surface area contributed by atoms with Crippen LogP contribution in [0.15, 0.2) is 55.2 Å². The molecular formula is C27H27N9O. The van der Waals surface area contributed by atoms with Crippen molar-refractivity contribution < 1.29 is 4.79 Å². The number of hydrogen-bond donors (Lipinski definition) is 2. The molecule has 1 amide bonds. The van der Waals surface area contributed by atoms with Gasteiger partial charge in [-0.25, -0.2) is 9.50 Å². The van der Waals surface area contributed by atoms with Gasteiger partial charge in [-0.15, -0.1) is 0 Å². The minimum atomic E-state index is 0.0639. The van der Waals surface area contributed by atoms with Gasteiger partial charge in [0.15, 0.2) is 5.82 Å². The lowest BCUT2D eigenvalue weighted by atomic mass is 9.92. The molecule has 0 saturated carbocycles. The molecule has 5 aromatic rings. The van der Waals surface area contributed by atoms with Crippen molar-refractivity contribution in [1.29, 1.82) is 0 Å². The van der Waals surface area contributed by atoms with Crippen LogP contribution < -0.4 is 10.6 Å². The molecule has 0 radical (unpaired) electrons. The maximum Gasteiger partial charge on any atom is 0.233 e. The number of rotatable bonds is 5. The Morgan fingerprint density at radius 2 is 2.08 bits per heavy atom. The Hall–Kier alpha value is -4.31. The second kappa shape index (κ2) is 8.67. The van der Waals surface area contributed by atoms with Gasteiger partial charge in [-0.3, -0.25) is 19.4 Å². The number of nitrogens with zero attached hydrogens (tertiary/aromatic N) is 7. The number of carbonyl (C=O) groups excluding carboxylic acids is 1. The third kappa shape index (κ3) is 3.72. The number of fused-ring (bicyclic) bond motifs is 4. The molecule has 4 aromatic heterocycles. The van der Waals surface area contributed by atoms with Gasteiger partial charge >= 0.3 is 0 Å². The molecular weight excluding hydrogens is 466 g/mol. The molecule has 2 aliphatic heterocycles. The average molecular weight is 494 g/mol. The summed E-state index contributed by atoms with van der Waals surface area (Å²) >= 11 is 0. The smallest absolute Gasteiger partial charge is 0.233 e. The molecule has 0 bridgehead atoms. The first kappa shape index (κ1) is 21.9. The Morgan fingerprint density at radius 3 is 2.89 bits per heavy atom. The van der Waals surface area contributed by atoms with Crippen molar-refractivity contribution in [3.63, 3.8) is 0 Å². The Labute approximate surface area is 213 Å². The van der Waals surface area contributed by atoms with E-state index in [0.717, 1.165) is 70.5 Å². The topological polar surface area (TPSA) is 105 Å².